The molecule has 2 aromatic heterocycles. The molecule has 0 aliphatic carbocycles. The molecule has 2 N–H and O–H groups in total. The highest BCUT2D eigenvalue weighted by atomic mass is 32.2. The monoisotopic (exact) mass is 301 g/mol. The van der Waals surface area contributed by atoms with Crippen LogP contribution < -0.4 is 5.73 Å². The smallest absolute Gasteiger partial charge is 0.226 e. The summed E-state index contributed by atoms with van der Waals surface area (Å²) in [5.74, 6) is 1.68. The first-order chi connectivity index (χ1) is 10.1. The SMILES string of the molecule is Cc1ccc(-c2nc(CSc3nnc(N)n3C)co2)cc1. The Labute approximate surface area is 126 Å². The van der Waals surface area contributed by atoms with Crippen molar-refractivity contribution in [3.8, 4) is 11.5 Å². The second-order valence-electron chi connectivity index (χ2n) is 4.70. The van der Waals surface area contributed by atoms with Crippen LogP contribution in [0.2, 0.25) is 0 Å². The van der Waals surface area contributed by atoms with Gasteiger partial charge in [-0.1, -0.05) is 29.5 Å². The number of aryl methyl sites for hydroxylation is 1. The molecule has 2 heterocycles. The number of nitrogens with zero attached hydrogens (tertiary/aromatic N) is 4. The summed E-state index contributed by atoms with van der Waals surface area (Å²) in [6.45, 7) is 2.05. The fraction of sp³-hybridized carbons (Fsp3) is 0.214. The zero-order valence-electron chi connectivity index (χ0n) is 11.8. The van der Waals surface area contributed by atoms with Gasteiger partial charge < -0.3 is 10.2 Å². The first-order valence-electron chi connectivity index (χ1n) is 6.42. The molecule has 0 aliphatic heterocycles. The Bertz CT molecular complexity index is 747. The van der Waals surface area contributed by atoms with E-state index in [0.717, 1.165) is 16.4 Å². The van der Waals surface area contributed by atoms with E-state index in [1.807, 2.05) is 38.2 Å². The van der Waals surface area contributed by atoms with Gasteiger partial charge in [-0.3, -0.25) is 4.57 Å². The molecule has 0 unspecified atom stereocenters. The van der Waals surface area contributed by atoms with Gasteiger partial charge >= 0.3 is 0 Å². The van der Waals surface area contributed by atoms with Crippen LogP contribution in [0.25, 0.3) is 11.5 Å². The van der Waals surface area contributed by atoms with Crippen LogP contribution in [-0.4, -0.2) is 19.7 Å². The van der Waals surface area contributed by atoms with Gasteiger partial charge in [0.2, 0.25) is 11.8 Å². The van der Waals surface area contributed by atoms with Gasteiger partial charge in [0.25, 0.3) is 0 Å². The van der Waals surface area contributed by atoms with E-state index in [4.69, 9.17) is 10.2 Å². The number of nitrogen functional groups attached to an aromatic ring is 1. The molecule has 1 aromatic carbocycles. The van der Waals surface area contributed by atoms with Crippen molar-refractivity contribution in [1.82, 2.24) is 19.7 Å². The Hall–Kier alpha value is -2.28. The van der Waals surface area contributed by atoms with Gasteiger partial charge in [0.15, 0.2) is 5.16 Å². The maximum Gasteiger partial charge on any atom is 0.226 e. The Morgan fingerprint density at radius 2 is 2.00 bits per heavy atom. The maximum absolute atomic E-state index is 5.64. The normalized spacial score (nSPS) is 11.0. The summed E-state index contributed by atoms with van der Waals surface area (Å²) in [5.41, 5.74) is 8.68. The van der Waals surface area contributed by atoms with Crippen molar-refractivity contribution in [2.45, 2.75) is 17.8 Å². The highest BCUT2D eigenvalue weighted by Crippen LogP contribution is 2.24. The molecule has 0 atom stereocenters. The zero-order chi connectivity index (χ0) is 14.8. The lowest BCUT2D eigenvalue weighted by Crippen LogP contribution is -1.98. The molecule has 0 bridgehead atoms. The number of rotatable bonds is 4. The van der Waals surface area contributed by atoms with E-state index in [0.29, 0.717) is 17.6 Å². The van der Waals surface area contributed by atoms with Gasteiger partial charge in [-0.2, -0.15) is 0 Å². The van der Waals surface area contributed by atoms with E-state index in [1.54, 1.807) is 10.8 Å². The van der Waals surface area contributed by atoms with Crippen molar-refractivity contribution in [3.63, 3.8) is 0 Å². The quantitative estimate of drug-likeness (QED) is 0.746. The molecule has 0 radical (unpaired) electrons. The lowest BCUT2D eigenvalue weighted by molar-refractivity contribution is 0.573. The third kappa shape index (κ3) is 2.92. The molecular weight excluding hydrogens is 286 g/mol. The molecule has 3 rings (SSSR count). The number of anilines is 1. The summed E-state index contributed by atoms with van der Waals surface area (Å²) in [4.78, 5) is 4.49. The van der Waals surface area contributed by atoms with Crippen LogP contribution in [0, 0.1) is 6.92 Å². The molecule has 0 spiro atoms. The van der Waals surface area contributed by atoms with E-state index in [1.165, 1.54) is 17.3 Å². The van der Waals surface area contributed by atoms with E-state index < -0.39 is 0 Å². The Kier molecular flexibility index (Phi) is 3.66. The average molecular weight is 301 g/mol. The number of benzene rings is 1. The summed E-state index contributed by atoms with van der Waals surface area (Å²) in [6, 6.07) is 8.08. The fourth-order valence-corrected chi connectivity index (χ4v) is 2.59. The van der Waals surface area contributed by atoms with Crippen molar-refractivity contribution in [3.05, 3.63) is 41.8 Å². The number of hydrogen-bond donors (Lipinski definition) is 1. The summed E-state index contributed by atoms with van der Waals surface area (Å²) in [6.07, 6.45) is 1.67. The standard InChI is InChI=1S/C14H15N5OS/c1-9-3-5-10(6-4-9)12-16-11(7-20-12)8-21-14-18-17-13(15)19(14)2/h3-7H,8H2,1-2H3,(H2,15,17). The molecule has 21 heavy (non-hydrogen) atoms. The lowest BCUT2D eigenvalue weighted by atomic mass is 10.1. The number of oxazole rings is 1. The third-order valence-corrected chi connectivity index (χ3v) is 4.12. The van der Waals surface area contributed by atoms with Gasteiger partial charge in [-0.15, -0.1) is 10.2 Å². The maximum atomic E-state index is 5.64. The number of hydrogen-bond acceptors (Lipinski definition) is 6. The predicted octanol–water partition coefficient (Wildman–Crippen LogP) is 2.65. The molecule has 6 nitrogen and oxygen atoms in total. The highest BCUT2D eigenvalue weighted by molar-refractivity contribution is 7.98. The van der Waals surface area contributed by atoms with Crippen LogP contribution in [0.3, 0.4) is 0 Å². The van der Waals surface area contributed by atoms with Crippen LogP contribution in [0.15, 0.2) is 40.1 Å². The molecule has 108 valence electrons. The molecule has 0 saturated heterocycles. The second kappa shape index (κ2) is 5.61. The van der Waals surface area contributed by atoms with Crippen molar-refractivity contribution < 1.29 is 4.42 Å². The Morgan fingerprint density at radius 3 is 2.67 bits per heavy atom. The second-order valence-corrected chi connectivity index (χ2v) is 5.64. The fourth-order valence-electron chi connectivity index (χ4n) is 1.79. The topological polar surface area (TPSA) is 82.8 Å². The molecule has 3 aromatic rings. The summed E-state index contributed by atoms with van der Waals surface area (Å²) in [5, 5.41) is 8.57. The number of nitrogens with two attached hydrogens (primary N) is 1. The van der Waals surface area contributed by atoms with Crippen molar-refractivity contribution in [1.29, 1.82) is 0 Å². The number of thioether (sulfide) groups is 1. The molecule has 0 aliphatic rings. The first kappa shape index (κ1) is 13.7. The van der Waals surface area contributed by atoms with Gasteiger partial charge in [0.05, 0.1) is 5.69 Å². The minimum absolute atomic E-state index is 0.401. The molecule has 0 saturated carbocycles. The zero-order valence-corrected chi connectivity index (χ0v) is 12.6. The largest absolute Gasteiger partial charge is 0.444 e. The summed E-state index contributed by atoms with van der Waals surface area (Å²) >= 11 is 1.52. The minimum Gasteiger partial charge on any atom is -0.444 e. The highest BCUT2D eigenvalue weighted by Gasteiger charge is 2.10. The Morgan fingerprint density at radius 1 is 1.24 bits per heavy atom. The van der Waals surface area contributed by atoms with E-state index in [-0.39, 0.29) is 0 Å². The third-order valence-electron chi connectivity index (χ3n) is 3.07. The molecule has 0 amide bonds. The Balaban J connectivity index is 1.70. The van der Waals surface area contributed by atoms with E-state index in [9.17, 15) is 0 Å². The van der Waals surface area contributed by atoms with E-state index >= 15 is 0 Å². The summed E-state index contributed by atoms with van der Waals surface area (Å²) < 4.78 is 7.26. The number of aromatic nitrogens is 4. The first-order valence-corrected chi connectivity index (χ1v) is 7.41. The van der Waals surface area contributed by atoms with Gasteiger partial charge in [-0.25, -0.2) is 4.98 Å². The van der Waals surface area contributed by atoms with Crippen molar-refractivity contribution >= 4 is 17.7 Å². The van der Waals surface area contributed by atoms with Gasteiger partial charge in [0, 0.05) is 18.4 Å². The molecule has 7 heteroatoms. The molecule has 0 fully saturated rings. The van der Waals surface area contributed by atoms with Gasteiger partial charge in [-0.05, 0) is 19.1 Å². The summed E-state index contributed by atoms with van der Waals surface area (Å²) in [7, 11) is 1.83. The van der Waals surface area contributed by atoms with E-state index in [2.05, 4.69) is 15.2 Å². The van der Waals surface area contributed by atoms with Crippen molar-refractivity contribution in [2.75, 3.05) is 5.73 Å². The van der Waals surface area contributed by atoms with Gasteiger partial charge in [0.1, 0.15) is 6.26 Å². The van der Waals surface area contributed by atoms with Crippen LogP contribution in [0.1, 0.15) is 11.3 Å². The van der Waals surface area contributed by atoms with Crippen LogP contribution >= 0.6 is 11.8 Å². The molecular formula is C14H15N5OS. The lowest BCUT2D eigenvalue weighted by Gasteiger charge is -1.98. The predicted molar refractivity (Wildman–Crippen MR) is 81.7 cm³/mol. The minimum atomic E-state index is 0.401. The van der Waals surface area contributed by atoms with Crippen LogP contribution in [0.5, 0.6) is 0 Å². The van der Waals surface area contributed by atoms with Crippen molar-refractivity contribution in [2.24, 2.45) is 7.05 Å². The van der Waals surface area contributed by atoms with Crippen LogP contribution in [-0.2, 0) is 12.8 Å². The van der Waals surface area contributed by atoms with Crippen LogP contribution in [0.4, 0.5) is 5.95 Å². The average Bonchev–Trinajstić information content (AvgIpc) is 3.07.